The molecule has 4 heteroatoms. The zero-order valence-electron chi connectivity index (χ0n) is 13.0. The van der Waals surface area contributed by atoms with E-state index < -0.39 is 0 Å². The maximum absolute atomic E-state index is 6.19. The second-order valence-electron chi connectivity index (χ2n) is 5.55. The summed E-state index contributed by atoms with van der Waals surface area (Å²) in [7, 11) is 1.77. The van der Waals surface area contributed by atoms with Crippen LogP contribution >= 0.6 is 0 Å². The summed E-state index contributed by atoms with van der Waals surface area (Å²) in [5, 5.41) is 0. The average Bonchev–Trinajstić information content (AvgIpc) is 2.69. The molecule has 1 aliphatic rings. The molecule has 1 heterocycles. The van der Waals surface area contributed by atoms with Crippen molar-refractivity contribution in [2.75, 3.05) is 40.0 Å². The molecule has 0 saturated carbocycles. The molecule has 0 amide bonds. The Labute approximate surface area is 118 Å². The van der Waals surface area contributed by atoms with Gasteiger partial charge in [0.15, 0.2) is 0 Å². The minimum absolute atomic E-state index is 0.103. The smallest absolute Gasteiger partial charge is 0.0590 e. The zero-order valence-corrected chi connectivity index (χ0v) is 13.0. The van der Waals surface area contributed by atoms with E-state index in [0.717, 1.165) is 52.2 Å². The van der Waals surface area contributed by atoms with Crippen molar-refractivity contribution in [1.29, 1.82) is 0 Å². The van der Waals surface area contributed by atoms with Crippen LogP contribution in [0.4, 0.5) is 0 Å². The minimum Gasteiger partial charge on any atom is -0.383 e. The van der Waals surface area contributed by atoms with Gasteiger partial charge in [0.05, 0.1) is 6.61 Å². The lowest BCUT2D eigenvalue weighted by Gasteiger charge is -2.47. The third-order valence-electron chi connectivity index (χ3n) is 4.55. The summed E-state index contributed by atoms with van der Waals surface area (Å²) in [4.78, 5) is 2.62. The van der Waals surface area contributed by atoms with Gasteiger partial charge in [-0.25, -0.2) is 0 Å². The van der Waals surface area contributed by atoms with Gasteiger partial charge in [-0.2, -0.15) is 0 Å². The number of ether oxygens (including phenoxy) is 2. The standard InChI is InChI=1S/C15H32N2O2/c1-4-14(5-2)17(9-12-18-3)15(13-16)7-6-10-19-11-8-15/h14H,4-13,16H2,1-3H3. The summed E-state index contributed by atoms with van der Waals surface area (Å²) >= 11 is 0. The second kappa shape index (κ2) is 8.90. The van der Waals surface area contributed by atoms with Crippen LogP contribution in [0.3, 0.4) is 0 Å². The van der Waals surface area contributed by atoms with Crippen molar-refractivity contribution in [1.82, 2.24) is 4.90 Å². The third-order valence-corrected chi connectivity index (χ3v) is 4.55. The van der Waals surface area contributed by atoms with Crippen molar-refractivity contribution in [2.24, 2.45) is 5.73 Å². The summed E-state index contributed by atoms with van der Waals surface area (Å²) in [6.07, 6.45) is 5.64. The van der Waals surface area contributed by atoms with Gasteiger partial charge < -0.3 is 15.2 Å². The van der Waals surface area contributed by atoms with Crippen LogP contribution in [-0.2, 0) is 9.47 Å². The zero-order chi connectivity index (χ0) is 14.1. The van der Waals surface area contributed by atoms with Crippen LogP contribution in [0.1, 0.15) is 46.0 Å². The first-order chi connectivity index (χ1) is 9.24. The summed E-state index contributed by atoms with van der Waals surface area (Å²) in [5.74, 6) is 0. The molecule has 4 nitrogen and oxygen atoms in total. The molecule has 19 heavy (non-hydrogen) atoms. The normalized spacial score (nSPS) is 24.9. The van der Waals surface area contributed by atoms with Crippen LogP contribution in [0.2, 0.25) is 0 Å². The van der Waals surface area contributed by atoms with Crippen molar-refractivity contribution < 1.29 is 9.47 Å². The number of nitrogens with zero attached hydrogens (tertiary/aromatic N) is 1. The molecule has 0 radical (unpaired) electrons. The first-order valence-corrected chi connectivity index (χ1v) is 7.77. The Morgan fingerprint density at radius 1 is 1.26 bits per heavy atom. The number of hydrogen-bond donors (Lipinski definition) is 1. The highest BCUT2D eigenvalue weighted by Crippen LogP contribution is 2.31. The van der Waals surface area contributed by atoms with E-state index in [0.29, 0.717) is 6.04 Å². The first-order valence-electron chi connectivity index (χ1n) is 7.77. The molecular weight excluding hydrogens is 240 g/mol. The minimum atomic E-state index is 0.103. The van der Waals surface area contributed by atoms with Gasteiger partial charge in [-0.1, -0.05) is 13.8 Å². The van der Waals surface area contributed by atoms with Crippen molar-refractivity contribution in [2.45, 2.75) is 57.5 Å². The van der Waals surface area contributed by atoms with Crippen molar-refractivity contribution in [3.05, 3.63) is 0 Å². The van der Waals surface area contributed by atoms with E-state index in [-0.39, 0.29) is 5.54 Å². The molecule has 0 aliphatic carbocycles. The summed E-state index contributed by atoms with van der Waals surface area (Å²) in [6, 6.07) is 0.594. The van der Waals surface area contributed by atoms with Gasteiger partial charge in [-0.3, -0.25) is 4.90 Å². The lowest BCUT2D eigenvalue weighted by molar-refractivity contribution is 0.00633. The second-order valence-corrected chi connectivity index (χ2v) is 5.55. The molecule has 114 valence electrons. The van der Waals surface area contributed by atoms with E-state index >= 15 is 0 Å². The Bertz CT molecular complexity index is 224. The predicted octanol–water partition coefficient (Wildman–Crippen LogP) is 2.02. The van der Waals surface area contributed by atoms with Crippen molar-refractivity contribution in [3.8, 4) is 0 Å². The van der Waals surface area contributed by atoms with Gasteiger partial charge in [-0.15, -0.1) is 0 Å². The quantitative estimate of drug-likeness (QED) is 0.734. The maximum Gasteiger partial charge on any atom is 0.0590 e. The van der Waals surface area contributed by atoms with Gasteiger partial charge in [0.1, 0.15) is 0 Å². The van der Waals surface area contributed by atoms with Crippen molar-refractivity contribution >= 4 is 0 Å². The topological polar surface area (TPSA) is 47.7 Å². The fraction of sp³-hybridized carbons (Fsp3) is 1.00. The molecule has 1 saturated heterocycles. The van der Waals surface area contributed by atoms with E-state index in [1.807, 2.05) is 0 Å². The fourth-order valence-electron chi connectivity index (χ4n) is 3.33. The highest BCUT2D eigenvalue weighted by atomic mass is 16.5. The number of rotatable bonds is 8. The summed E-state index contributed by atoms with van der Waals surface area (Å²) in [6.45, 7) is 8.72. The molecule has 2 N–H and O–H groups in total. The Morgan fingerprint density at radius 2 is 2.00 bits per heavy atom. The number of methoxy groups -OCH3 is 1. The molecule has 1 aliphatic heterocycles. The largest absolute Gasteiger partial charge is 0.383 e. The highest BCUT2D eigenvalue weighted by molar-refractivity contribution is 4.95. The monoisotopic (exact) mass is 272 g/mol. The molecule has 1 atom stereocenters. The number of nitrogens with two attached hydrogens (primary N) is 1. The van der Waals surface area contributed by atoms with Gasteiger partial charge in [0.25, 0.3) is 0 Å². The molecule has 1 fully saturated rings. The lowest BCUT2D eigenvalue weighted by atomic mass is 9.86. The van der Waals surface area contributed by atoms with Gasteiger partial charge in [0.2, 0.25) is 0 Å². The molecule has 0 spiro atoms. The highest BCUT2D eigenvalue weighted by Gasteiger charge is 2.38. The molecule has 1 unspecified atom stereocenters. The van der Waals surface area contributed by atoms with Crippen LogP contribution in [0.25, 0.3) is 0 Å². The van der Waals surface area contributed by atoms with Crippen LogP contribution in [0, 0.1) is 0 Å². The Balaban J connectivity index is 2.88. The molecule has 0 aromatic carbocycles. The van der Waals surface area contributed by atoms with Gasteiger partial charge in [0, 0.05) is 45.0 Å². The van der Waals surface area contributed by atoms with E-state index in [9.17, 15) is 0 Å². The number of hydrogen-bond acceptors (Lipinski definition) is 4. The third kappa shape index (κ3) is 4.42. The lowest BCUT2D eigenvalue weighted by Crippen LogP contribution is -2.58. The van der Waals surface area contributed by atoms with E-state index in [1.165, 1.54) is 12.8 Å². The Hall–Kier alpha value is -0.160. The molecule has 0 aromatic rings. The predicted molar refractivity (Wildman–Crippen MR) is 79.4 cm³/mol. The Morgan fingerprint density at radius 3 is 2.58 bits per heavy atom. The van der Waals surface area contributed by atoms with Crippen LogP contribution in [0.5, 0.6) is 0 Å². The first kappa shape index (κ1) is 16.9. The summed E-state index contributed by atoms with van der Waals surface area (Å²) < 4.78 is 10.9. The summed E-state index contributed by atoms with van der Waals surface area (Å²) in [5.41, 5.74) is 6.29. The SMILES string of the molecule is CCC(CC)N(CCOC)C1(CN)CCCOCC1. The van der Waals surface area contributed by atoms with Crippen LogP contribution < -0.4 is 5.73 Å². The molecular formula is C15H32N2O2. The van der Waals surface area contributed by atoms with Crippen LogP contribution in [-0.4, -0.2) is 56.5 Å². The van der Waals surface area contributed by atoms with Crippen LogP contribution in [0.15, 0.2) is 0 Å². The van der Waals surface area contributed by atoms with Gasteiger partial charge in [-0.05, 0) is 32.1 Å². The Kier molecular flexibility index (Phi) is 7.91. The van der Waals surface area contributed by atoms with E-state index in [1.54, 1.807) is 7.11 Å². The average molecular weight is 272 g/mol. The maximum atomic E-state index is 6.19. The molecule has 0 bridgehead atoms. The van der Waals surface area contributed by atoms with Crippen molar-refractivity contribution in [3.63, 3.8) is 0 Å². The molecule has 1 rings (SSSR count). The van der Waals surface area contributed by atoms with E-state index in [2.05, 4.69) is 18.7 Å². The van der Waals surface area contributed by atoms with Gasteiger partial charge >= 0.3 is 0 Å². The fourth-order valence-corrected chi connectivity index (χ4v) is 3.33. The molecule has 0 aromatic heterocycles. The van der Waals surface area contributed by atoms with E-state index in [4.69, 9.17) is 15.2 Å².